The molecule has 2 amide bonds. The van der Waals surface area contributed by atoms with Crippen molar-refractivity contribution in [1.82, 2.24) is 4.90 Å². The summed E-state index contributed by atoms with van der Waals surface area (Å²) in [5.41, 5.74) is 0.181. The molecule has 0 N–H and O–H groups in total. The number of hydrogen-bond acceptors (Lipinski definition) is 2. The second-order valence-electron chi connectivity index (χ2n) is 14.1. The Morgan fingerprint density at radius 1 is 0.643 bits per heavy atom. The summed E-state index contributed by atoms with van der Waals surface area (Å²) >= 11 is 0. The van der Waals surface area contributed by atoms with Crippen molar-refractivity contribution in [3.05, 3.63) is 0 Å². The van der Waals surface area contributed by atoms with Gasteiger partial charge in [-0.2, -0.15) is 0 Å². The molecule has 5 unspecified atom stereocenters. The van der Waals surface area contributed by atoms with Crippen molar-refractivity contribution in [1.29, 1.82) is 0 Å². The summed E-state index contributed by atoms with van der Waals surface area (Å²) in [6.45, 7) is 22.2. The largest absolute Gasteiger partial charge is 0.342 e. The predicted molar refractivity (Wildman–Crippen MR) is 183 cm³/mol. The maximum Gasteiger partial charge on any atom is 0.314 e. The Hall–Kier alpha value is -0.900. The molecule has 0 aromatic heterocycles. The number of quaternary nitrogens is 1. The van der Waals surface area contributed by atoms with Gasteiger partial charge in [0.25, 0.3) is 0 Å². The van der Waals surface area contributed by atoms with Crippen LogP contribution in [0.2, 0.25) is 0 Å². The number of carbonyl (C=O) groups is 2. The highest BCUT2D eigenvalue weighted by molar-refractivity contribution is 5.76. The third kappa shape index (κ3) is 12.2. The average molecular weight is 592 g/mol. The van der Waals surface area contributed by atoms with E-state index < -0.39 is 0 Å². The van der Waals surface area contributed by atoms with Crippen LogP contribution in [-0.4, -0.2) is 52.9 Å². The van der Waals surface area contributed by atoms with E-state index in [1.165, 1.54) is 83.5 Å². The van der Waals surface area contributed by atoms with Gasteiger partial charge in [-0.05, 0) is 56.8 Å². The summed E-state index contributed by atoms with van der Waals surface area (Å²) in [6, 6.07) is 0. The quantitative estimate of drug-likeness (QED) is 0.0541. The van der Waals surface area contributed by atoms with Gasteiger partial charge in [-0.15, -0.1) is 0 Å². The number of rotatable bonds is 27. The molecule has 1 aliphatic rings. The Labute approximate surface area is 263 Å². The maximum absolute atomic E-state index is 14.0. The molecule has 1 rings (SSSR count). The first-order chi connectivity index (χ1) is 20.3. The molecule has 1 fully saturated rings. The van der Waals surface area contributed by atoms with Crippen molar-refractivity contribution >= 4 is 11.8 Å². The number of nitrogens with zero attached hydrogens (tertiary/aromatic N) is 2. The van der Waals surface area contributed by atoms with Gasteiger partial charge < -0.3 is 4.90 Å². The van der Waals surface area contributed by atoms with Crippen molar-refractivity contribution in [2.24, 2.45) is 17.8 Å². The fourth-order valence-corrected chi connectivity index (χ4v) is 7.59. The molecule has 248 valence electrons. The van der Waals surface area contributed by atoms with Crippen molar-refractivity contribution in [3.8, 4) is 0 Å². The van der Waals surface area contributed by atoms with Crippen LogP contribution in [0, 0.1) is 17.8 Å². The zero-order valence-corrected chi connectivity index (χ0v) is 29.9. The third-order valence-corrected chi connectivity index (χ3v) is 11.0. The molecule has 1 aliphatic heterocycles. The minimum absolute atomic E-state index is 0.181. The van der Waals surface area contributed by atoms with Crippen molar-refractivity contribution in [3.63, 3.8) is 0 Å². The molecule has 0 saturated carbocycles. The van der Waals surface area contributed by atoms with Crippen LogP contribution in [0.3, 0.4) is 0 Å². The summed E-state index contributed by atoms with van der Waals surface area (Å²) < 4.78 is 0.747. The van der Waals surface area contributed by atoms with E-state index in [1.807, 2.05) is 0 Å². The first-order valence-corrected chi connectivity index (χ1v) is 18.9. The van der Waals surface area contributed by atoms with E-state index in [0.29, 0.717) is 42.4 Å². The second kappa shape index (κ2) is 21.7. The molecule has 0 aliphatic carbocycles. The van der Waals surface area contributed by atoms with Crippen LogP contribution in [-0.2, 0) is 9.59 Å². The lowest BCUT2D eigenvalue weighted by molar-refractivity contribution is -0.757. The standard InChI is InChI=1S/C38H75N2O2/c1-9-17-23-33(13-5)29-39(30-34(14-6)24-18-10-2)36(41)26-21-22-27-37(42)40(31-35(15-7)25-19-11-3)32-38(40,16-8)28-20-12-4/h33-35H,9-32H2,1-8H3/q+1. The van der Waals surface area contributed by atoms with Gasteiger partial charge in [0.05, 0.1) is 13.0 Å². The van der Waals surface area contributed by atoms with Crippen LogP contribution >= 0.6 is 0 Å². The summed E-state index contributed by atoms with van der Waals surface area (Å²) in [5.74, 6) is 2.67. The molecule has 4 heteroatoms. The zero-order valence-electron chi connectivity index (χ0n) is 29.9. The lowest BCUT2D eigenvalue weighted by Gasteiger charge is -2.31. The van der Waals surface area contributed by atoms with Gasteiger partial charge in [0.15, 0.2) is 5.54 Å². The van der Waals surface area contributed by atoms with E-state index >= 15 is 0 Å². The molecule has 0 spiro atoms. The van der Waals surface area contributed by atoms with Crippen molar-refractivity contribution in [2.45, 2.75) is 189 Å². The first-order valence-electron chi connectivity index (χ1n) is 18.9. The highest BCUT2D eigenvalue weighted by Crippen LogP contribution is 2.51. The van der Waals surface area contributed by atoms with Gasteiger partial charge in [0.2, 0.25) is 5.91 Å². The first kappa shape index (κ1) is 39.1. The highest BCUT2D eigenvalue weighted by Gasteiger charge is 2.71. The van der Waals surface area contributed by atoms with E-state index in [2.05, 4.69) is 60.3 Å². The lowest BCUT2D eigenvalue weighted by Crippen LogP contribution is -2.45. The van der Waals surface area contributed by atoms with Gasteiger partial charge in [-0.25, -0.2) is 9.28 Å². The van der Waals surface area contributed by atoms with Crippen molar-refractivity contribution < 1.29 is 14.1 Å². The minimum atomic E-state index is 0.181. The van der Waals surface area contributed by atoms with Crippen LogP contribution in [0.1, 0.15) is 184 Å². The summed E-state index contributed by atoms with van der Waals surface area (Å²) in [7, 11) is 0. The molecule has 4 nitrogen and oxygen atoms in total. The van der Waals surface area contributed by atoms with Crippen LogP contribution in [0.25, 0.3) is 0 Å². The van der Waals surface area contributed by atoms with Crippen molar-refractivity contribution in [2.75, 3.05) is 26.2 Å². The van der Waals surface area contributed by atoms with Gasteiger partial charge in [-0.1, -0.05) is 113 Å². The zero-order chi connectivity index (χ0) is 31.4. The fraction of sp³-hybridized carbons (Fsp3) is 0.947. The average Bonchev–Trinajstić information content (AvgIpc) is 3.67. The number of unbranched alkanes of at least 4 members (excludes halogenated alkanes) is 5. The Balaban J connectivity index is 2.87. The molecule has 0 bridgehead atoms. The fourth-order valence-electron chi connectivity index (χ4n) is 7.59. The molecular formula is C38H75N2O2+. The van der Waals surface area contributed by atoms with Crippen LogP contribution in [0.4, 0.5) is 0 Å². The van der Waals surface area contributed by atoms with E-state index in [-0.39, 0.29) is 5.54 Å². The van der Waals surface area contributed by atoms with Crippen LogP contribution < -0.4 is 0 Å². The Kier molecular flexibility index (Phi) is 20.3. The van der Waals surface area contributed by atoms with E-state index in [1.54, 1.807) is 0 Å². The second-order valence-corrected chi connectivity index (χ2v) is 14.1. The number of hydrogen-bond donors (Lipinski definition) is 0. The monoisotopic (exact) mass is 592 g/mol. The van der Waals surface area contributed by atoms with Crippen LogP contribution in [0.5, 0.6) is 0 Å². The highest BCUT2D eigenvalue weighted by atomic mass is 16.2. The summed E-state index contributed by atoms with van der Waals surface area (Å²) in [4.78, 5) is 29.9. The molecule has 0 aromatic carbocycles. The number of amides is 2. The molecular weight excluding hydrogens is 516 g/mol. The molecule has 42 heavy (non-hydrogen) atoms. The van der Waals surface area contributed by atoms with Gasteiger partial charge >= 0.3 is 5.91 Å². The third-order valence-electron chi connectivity index (χ3n) is 11.0. The number of carbonyl (C=O) groups excluding carboxylic acids is 2. The smallest absolute Gasteiger partial charge is 0.314 e. The molecule has 1 heterocycles. The van der Waals surface area contributed by atoms with Gasteiger partial charge in [0.1, 0.15) is 6.54 Å². The van der Waals surface area contributed by atoms with E-state index in [9.17, 15) is 9.59 Å². The maximum atomic E-state index is 14.0. The van der Waals surface area contributed by atoms with Gasteiger partial charge in [0, 0.05) is 38.3 Å². The van der Waals surface area contributed by atoms with E-state index in [4.69, 9.17) is 0 Å². The molecule has 0 radical (unpaired) electrons. The Morgan fingerprint density at radius 2 is 1.12 bits per heavy atom. The molecule has 5 atom stereocenters. The molecule has 0 aromatic rings. The van der Waals surface area contributed by atoms with Crippen LogP contribution in [0.15, 0.2) is 0 Å². The summed E-state index contributed by atoms with van der Waals surface area (Å²) in [5, 5.41) is 0. The Bertz CT molecular complexity index is 706. The summed E-state index contributed by atoms with van der Waals surface area (Å²) in [6.07, 6.45) is 22.3. The predicted octanol–water partition coefficient (Wildman–Crippen LogP) is 10.7. The topological polar surface area (TPSA) is 37.4 Å². The lowest BCUT2D eigenvalue weighted by atomic mass is 9.94. The van der Waals surface area contributed by atoms with E-state index in [0.717, 1.165) is 62.8 Å². The normalized spacial score (nSPS) is 22.1. The Morgan fingerprint density at radius 3 is 1.57 bits per heavy atom. The SMILES string of the molecule is CCCCC(CC)CN(CC(CC)CCCC)C(=O)CCCCC(=O)[N+]1(CC(CC)CCCC)CC1(CC)CCCC. The minimum Gasteiger partial charge on any atom is -0.342 e. The van der Waals surface area contributed by atoms with Gasteiger partial charge in [-0.3, -0.25) is 4.79 Å². The molecule has 1 saturated heterocycles.